The number of halogens is 1. The van der Waals surface area contributed by atoms with Crippen LogP contribution in [0.1, 0.15) is 43.7 Å². The Hall–Kier alpha value is -1.58. The summed E-state index contributed by atoms with van der Waals surface area (Å²) in [5.74, 6) is -0.574. The summed E-state index contributed by atoms with van der Waals surface area (Å²) in [7, 11) is -3.44. The highest BCUT2D eigenvalue weighted by molar-refractivity contribution is 7.85. The lowest BCUT2D eigenvalue weighted by atomic mass is 9.82. The molecule has 1 atom stereocenters. The second-order valence-electron chi connectivity index (χ2n) is 6.94. The minimum atomic E-state index is -3.44. The molecule has 1 saturated carbocycles. The molecule has 144 valence electrons. The van der Waals surface area contributed by atoms with Gasteiger partial charge in [0, 0.05) is 18.5 Å². The minimum absolute atomic E-state index is 0.0979. The standard InChI is InChI=1S/C17H23FN2O5S/c1-26(22,23)25-11-12-2-4-13(5-3-12)17(21)20-16(6-7-24-20)14-8-15(18)10-19-9-14/h8-10,12-13,16H,2-7,11H2,1H3/t12?,13?,16-/m0/s1. The first-order valence-corrected chi connectivity index (χ1v) is 10.6. The van der Waals surface area contributed by atoms with Crippen molar-refractivity contribution in [1.82, 2.24) is 10.0 Å². The number of hydrogen-bond acceptors (Lipinski definition) is 6. The highest BCUT2D eigenvalue weighted by atomic mass is 32.2. The molecule has 26 heavy (non-hydrogen) atoms. The van der Waals surface area contributed by atoms with Crippen LogP contribution in [0.15, 0.2) is 18.5 Å². The normalized spacial score (nSPS) is 26.8. The van der Waals surface area contributed by atoms with Crippen molar-refractivity contribution in [2.45, 2.75) is 38.1 Å². The predicted molar refractivity (Wildman–Crippen MR) is 90.6 cm³/mol. The third-order valence-electron chi connectivity index (χ3n) is 4.95. The van der Waals surface area contributed by atoms with E-state index in [0.29, 0.717) is 31.4 Å². The first-order chi connectivity index (χ1) is 12.3. The van der Waals surface area contributed by atoms with Gasteiger partial charge in [-0.05, 0) is 43.2 Å². The SMILES string of the molecule is CS(=O)(=O)OCC1CCC(C(=O)N2OCC[C@H]2c2cncc(F)c2)CC1. The fourth-order valence-corrected chi connectivity index (χ4v) is 4.02. The lowest BCUT2D eigenvalue weighted by molar-refractivity contribution is -0.183. The largest absolute Gasteiger partial charge is 0.272 e. The summed E-state index contributed by atoms with van der Waals surface area (Å²) in [6.07, 6.45) is 7.10. The molecule has 0 unspecified atom stereocenters. The maximum atomic E-state index is 13.4. The van der Waals surface area contributed by atoms with Gasteiger partial charge in [-0.25, -0.2) is 9.45 Å². The van der Waals surface area contributed by atoms with Gasteiger partial charge in [0.15, 0.2) is 0 Å². The van der Waals surface area contributed by atoms with E-state index >= 15 is 0 Å². The Morgan fingerprint density at radius 2 is 2.04 bits per heavy atom. The molecule has 0 spiro atoms. The van der Waals surface area contributed by atoms with Gasteiger partial charge in [0.25, 0.3) is 10.1 Å². The summed E-state index contributed by atoms with van der Waals surface area (Å²) in [5.41, 5.74) is 0.631. The van der Waals surface area contributed by atoms with E-state index in [1.165, 1.54) is 11.1 Å². The highest BCUT2D eigenvalue weighted by Crippen LogP contribution is 2.36. The number of aromatic nitrogens is 1. The van der Waals surface area contributed by atoms with Gasteiger partial charge in [-0.2, -0.15) is 8.42 Å². The topological polar surface area (TPSA) is 85.8 Å². The van der Waals surface area contributed by atoms with E-state index in [9.17, 15) is 17.6 Å². The summed E-state index contributed by atoms with van der Waals surface area (Å²) >= 11 is 0. The van der Waals surface area contributed by atoms with Gasteiger partial charge < -0.3 is 0 Å². The fourth-order valence-electron chi connectivity index (χ4n) is 3.58. The first kappa shape index (κ1) is 19.2. The highest BCUT2D eigenvalue weighted by Gasteiger charge is 2.37. The van der Waals surface area contributed by atoms with Crippen molar-refractivity contribution in [3.63, 3.8) is 0 Å². The zero-order chi connectivity index (χ0) is 18.7. The molecule has 3 rings (SSSR count). The van der Waals surface area contributed by atoms with Gasteiger partial charge in [0.2, 0.25) is 5.91 Å². The van der Waals surface area contributed by atoms with Gasteiger partial charge in [-0.1, -0.05) is 0 Å². The van der Waals surface area contributed by atoms with Crippen LogP contribution >= 0.6 is 0 Å². The Bertz CT molecular complexity index is 749. The van der Waals surface area contributed by atoms with Crippen LogP contribution in [0.4, 0.5) is 4.39 Å². The van der Waals surface area contributed by atoms with Crippen molar-refractivity contribution in [2.75, 3.05) is 19.5 Å². The molecule has 2 fully saturated rings. The van der Waals surface area contributed by atoms with Crippen LogP contribution in [0.3, 0.4) is 0 Å². The lowest BCUT2D eigenvalue weighted by Gasteiger charge is -2.31. The number of carbonyl (C=O) groups excluding carboxylic acids is 1. The molecular formula is C17H23FN2O5S. The third kappa shape index (κ3) is 4.77. The summed E-state index contributed by atoms with van der Waals surface area (Å²) < 4.78 is 40.5. The van der Waals surface area contributed by atoms with E-state index in [1.807, 2.05) is 0 Å². The molecule has 1 saturated heterocycles. The Morgan fingerprint density at radius 3 is 2.69 bits per heavy atom. The van der Waals surface area contributed by atoms with E-state index in [4.69, 9.17) is 9.02 Å². The Balaban J connectivity index is 1.58. The molecule has 9 heteroatoms. The third-order valence-corrected chi connectivity index (χ3v) is 5.51. The second kappa shape index (κ2) is 7.98. The molecule has 2 aliphatic rings. The molecule has 1 amide bonds. The van der Waals surface area contributed by atoms with Crippen LogP contribution in [0, 0.1) is 17.7 Å². The zero-order valence-corrected chi connectivity index (χ0v) is 15.5. The summed E-state index contributed by atoms with van der Waals surface area (Å²) in [5, 5.41) is 1.37. The molecule has 0 radical (unpaired) electrons. The minimum Gasteiger partial charge on any atom is -0.272 e. The molecule has 1 aromatic rings. The van der Waals surface area contributed by atoms with Crippen LogP contribution in [-0.4, -0.2) is 43.8 Å². The van der Waals surface area contributed by atoms with Crippen molar-refractivity contribution in [1.29, 1.82) is 0 Å². The average molecular weight is 386 g/mol. The molecule has 1 aliphatic carbocycles. The van der Waals surface area contributed by atoms with Crippen LogP contribution in [-0.2, 0) is 23.9 Å². The van der Waals surface area contributed by atoms with Crippen molar-refractivity contribution < 1.29 is 26.6 Å². The quantitative estimate of drug-likeness (QED) is 0.721. The maximum Gasteiger partial charge on any atom is 0.264 e. The number of carbonyl (C=O) groups is 1. The van der Waals surface area contributed by atoms with Crippen molar-refractivity contribution >= 4 is 16.0 Å². The molecular weight excluding hydrogens is 363 g/mol. The monoisotopic (exact) mass is 386 g/mol. The van der Waals surface area contributed by atoms with Gasteiger partial charge in [-0.15, -0.1) is 0 Å². The lowest BCUT2D eigenvalue weighted by Crippen LogP contribution is -2.37. The van der Waals surface area contributed by atoms with Crippen LogP contribution in [0.5, 0.6) is 0 Å². The summed E-state index contributed by atoms with van der Waals surface area (Å²) in [4.78, 5) is 22.2. The molecule has 1 aliphatic heterocycles. The molecule has 2 heterocycles. The first-order valence-electron chi connectivity index (χ1n) is 8.74. The second-order valence-corrected chi connectivity index (χ2v) is 8.59. The van der Waals surface area contributed by atoms with E-state index < -0.39 is 15.9 Å². The van der Waals surface area contributed by atoms with E-state index in [0.717, 1.165) is 25.3 Å². The van der Waals surface area contributed by atoms with Gasteiger partial charge in [0.1, 0.15) is 5.82 Å². The van der Waals surface area contributed by atoms with Crippen molar-refractivity contribution in [2.24, 2.45) is 11.8 Å². The molecule has 0 N–H and O–H groups in total. The number of pyridine rings is 1. The molecule has 0 bridgehead atoms. The molecule has 7 nitrogen and oxygen atoms in total. The summed E-state index contributed by atoms with van der Waals surface area (Å²) in [6, 6.07) is 1.06. The average Bonchev–Trinajstić information content (AvgIpc) is 3.09. The van der Waals surface area contributed by atoms with Crippen LogP contribution < -0.4 is 0 Å². The number of rotatable bonds is 5. The fraction of sp³-hybridized carbons (Fsp3) is 0.647. The Morgan fingerprint density at radius 1 is 1.31 bits per heavy atom. The van der Waals surface area contributed by atoms with Gasteiger partial charge in [-0.3, -0.25) is 18.8 Å². The molecule has 1 aromatic heterocycles. The Labute approximate surface area is 152 Å². The number of nitrogens with zero attached hydrogens (tertiary/aromatic N) is 2. The number of hydroxylamine groups is 2. The summed E-state index contributed by atoms with van der Waals surface area (Å²) in [6.45, 7) is 0.571. The Kier molecular flexibility index (Phi) is 5.89. The molecule has 0 aromatic carbocycles. The van der Waals surface area contributed by atoms with Gasteiger partial charge >= 0.3 is 0 Å². The van der Waals surface area contributed by atoms with Crippen molar-refractivity contribution in [3.8, 4) is 0 Å². The van der Waals surface area contributed by atoms with Gasteiger partial charge in [0.05, 0.1) is 31.7 Å². The smallest absolute Gasteiger partial charge is 0.264 e. The van der Waals surface area contributed by atoms with Crippen molar-refractivity contribution in [3.05, 3.63) is 29.8 Å². The predicted octanol–water partition coefficient (Wildman–Crippen LogP) is 2.21. The van der Waals surface area contributed by atoms with Crippen LogP contribution in [0.25, 0.3) is 0 Å². The number of hydrogen-bond donors (Lipinski definition) is 0. The van der Waals surface area contributed by atoms with E-state index in [-0.39, 0.29) is 30.4 Å². The van der Waals surface area contributed by atoms with Crippen LogP contribution in [0.2, 0.25) is 0 Å². The van der Waals surface area contributed by atoms with E-state index in [1.54, 1.807) is 6.20 Å². The van der Waals surface area contributed by atoms with E-state index in [2.05, 4.69) is 4.98 Å². The number of amides is 1. The zero-order valence-electron chi connectivity index (χ0n) is 14.6. The maximum absolute atomic E-state index is 13.4.